The SMILES string of the molecule is CCCOc1ccc(C(F)(F)F)cc1NC(=O)COc1cccc(CC)c1. The molecule has 2 aromatic rings. The molecule has 0 bridgehead atoms. The molecule has 1 N–H and O–H groups in total. The quantitative estimate of drug-likeness (QED) is 0.694. The zero-order chi connectivity index (χ0) is 19.9. The molecule has 0 aliphatic carbocycles. The summed E-state index contributed by atoms with van der Waals surface area (Å²) in [7, 11) is 0. The van der Waals surface area contributed by atoms with Gasteiger partial charge < -0.3 is 14.8 Å². The minimum atomic E-state index is -4.51. The molecular formula is C20H22F3NO3. The molecule has 0 saturated heterocycles. The van der Waals surface area contributed by atoms with E-state index < -0.39 is 17.6 Å². The van der Waals surface area contributed by atoms with Crippen molar-refractivity contribution < 1.29 is 27.4 Å². The van der Waals surface area contributed by atoms with Crippen molar-refractivity contribution in [2.75, 3.05) is 18.5 Å². The van der Waals surface area contributed by atoms with Gasteiger partial charge in [-0.25, -0.2) is 0 Å². The third kappa shape index (κ3) is 6.20. The molecule has 0 unspecified atom stereocenters. The lowest BCUT2D eigenvalue weighted by Crippen LogP contribution is -2.21. The summed E-state index contributed by atoms with van der Waals surface area (Å²) < 4.78 is 49.7. The summed E-state index contributed by atoms with van der Waals surface area (Å²) in [6, 6.07) is 10.3. The van der Waals surface area contributed by atoms with Crippen LogP contribution in [-0.4, -0.2) is 19.1 Å². The molecule has 4 nitrogen and oxygen atoms in total. The van der Waals surface area contributed by atoms with Crippen molar-refractivity contribution in [3.05, 3.63) is 53.6 Å². The number of aryl methyl sites for hydroxylation is 1. The topological polar surface area (TPSA) is 47.6 Å². The van der Waals surface area contributed by atoms with Gasteiger partial charge in [0.05, 0.1) is 17.9 Å². The maximum atomic E-state index is 13.0. The van der Waals surface area contributed by atoms with Gasteiger partial charge in [0.2, 0.25) is 0 Å². The molecule has 0 aliphatic rings. The summed E-state index contributed by atoms with van der Waals surface area (Å²) in [4.78, 5) is 12.2. The van der Waals surface area contributed by atoms with Crippen LogP contribution in [0.25, 0.3) is 0 Å². The molecule has 1 amide bonds. The predicted octanol–water partition coefficient (Wildman–Crippen LogP) is 5.07. The van der Waals surface area contributed by atoms with Crippen LogP contribution in [0.3, 0.4) is 0 Å². The monoisotopic (exact) mass is 381 g/mol. The second-order valence-corrected chi connectivity index (χ2v) is 5.89. The molecule has 2 rings (SSSR count). The van der Waals surface area contributed by atoms with Crippen molar-refractivity contribution in [1.29, 1.82) is 0 Å². The molecule has 0 radical (unpaired) electrons. The molecular weight excluding hydrogens is 359 g/mol. The van der Waals surface area contributed by atoms with Gasteiger partial charge in [-0.3, -0.25) is 4.79 Å². The fraction of sp³-hybridized carbons (Fsp3) is 0.350. The first kappa shape index (κ1) is 20.6. The van der Waals surface area contributed by atoms with Crippen molar-refractivity contribution in [3.63, 3.8) is 0 Å². The van der Waals surface area contributed by atoms with E-state index in [0.29, 0.717) is 18.8 Å². The number of hydrogen-bond donors (Lipinski definition) is 1. The fourth-order valence-corrected chi connectivity index (χ4v) is 2.33. The van der Waals surface area contributed by atoms with Crippen molar-refractivity contribution in [2.45, 2.75) is 32.9 Å². The third-order valence-electron chi connectivity index (χ3n) is 3.72. The lowest BCUT2D eigenvalue weighted by Gasteiger charge is -2.15. The van der Waals surface area contributed by atoms with Gasteiger partial charge >= 0.3 is 6.18 Å². The second kappa shape index (κ2) is 9.30. The molecule has 2 aromatic carbocycles. The lowest BCUT2D eigenvalue weighted by molar-refractivity contribution is -0.137. The highest BCUT2D eigenvalue weighted by Gasteiger charge is 2.31. The Morgan fingerprint density at radius 2 is 1.85 bits per heavy atom. The molecule has 0 atom stereocenters. The zero-order valence-electron chi connectivity index (χ0n) is 15.2. The van der Waals surface area contributed by atoms with E-state index in [1.807, 2.05) is 32.0 Å². The number of hydrogen-bond acceptors (Lipinski definition) is 3. The van der Waals surface area contributed by atoms with Crippen LogP contribution in [0, 0.1) is 0 Å². The van der Waals surface area contributed by atoms with Crippen LogP contribution >= 0.6 is 0 Å². The minimum absolute atomic E-state index is 0.0332. The Kier molecular flexibility index (Phi) is 7.10. The first-order chi connectivity index (χ1) is 12.8. The molecule has 0 fully saturated rings. The molecule has 0 heterocycles. The highest BCUT2D eigenvalue weighted by Crippen LogP contribution is 2.35. The predicted molar refractivity (Wildman–Crippen MR) is 97.2 cm³/mol. The Balaban J connectivity index is 2.09. The molecule has 0 saturated carbocycles. The standard InChI is InChI=1S/C20H22F3NO3/c1-3-10-26-18-9-8-15(20(21,22)23)12-17(18)24-19(25)13-27-16-7-5-6-14(4-2)11-16/h5-9,11-12H,3-4,10,13H2,1-2H3,(H,24,25). The van der Waals surface area contributed by atoms with E-state index in [4.69, 9.17) is 9.47 Å². The van der Waals surface area contributed by atoms with Gasteiger partial charge in [0.25, 0.3) is 5.91 Å². The van der Waals surface area contributed by atoms with Gasteiger partial charge in [-0.1, -0.05) is 26.0 Å². The number of amides is 1. The number of carbonyl (C=O) groups is 1. The van der Waals surface area contributed by atoms with Crippen molar-refractivity contribution in [1.82, 2.24) is 0 Å². The third-order valence-corrected chi connectivity index (χ3v) is 3.72. The molecule has 0 spiro atoms. The molecule has 0 aromatic heterocycles. The Morgan fingerprint density at radius 1 is 1.07 bits per heavy atom. The number of nitrogens with one attached hydrogen (secondary N) is 1. The number of halogens is 3. The number of anilines is 1. The fourth-order valence-electron chi connectivity index (χ4n) is 2.33. The van der Waals surface area contributed by atoms with E-state index in [9.17, 15) is 18.0 Å². The Labute approximate surface area is 156 Å². The number of carbonyl (C=O) groups excluding carboxylic acids is 1. The summed E-state index contributed by atoms with van der Waals surface area (Å²) >= 11 is 0. The Morgan fingerprint density at radius 3 is 2.52 bits per heavy atom. The van der Waals surface area contributed by atoms with Gasteiger partial charge in [-0.15, -0.1) is 0 Å². The van der Waals surface area contributed by atoms with Crippen LogP contribution < -0.4 is 14.8 Å². The minimum Gasteiger partial charge on any atom is -0.491 e. The van der Waals surface area contributed by atoms with E-state index in [2.05, 4.69) is 5.32 Å². The summed E-state index contributed by atoms with van der Waals surface area (Å²) in [5, 5.41) is 2.44. The van der Waals surface area contributed by atoms with Gasteiger partial charge in [0.15, 0.2) is 6.61 Å². The van der Waals surface area contributed by atoms with Crippen molar-refractivity contribution in [2.24, 2.45) is 0 Å². The molecule has 7 heteroatoms. The van der Waals surface area contributed by atoms with Crippen LogP contribution in [0.15, 0.2) is 42.5 Å². The van der Waals surface area contributed by atoms with Gasteiger partial charge in [0, 0.05) is 0 Å². The van der Waals surface area contributed by atoms with Crippen LogP contribution in [-0.2, 0) is 17.4 Å². The number of ether oxygens (including phenoxy) is 2. The average Bonchev–Trinajstić information content (AvgIpc) is 2.64. The number of rotatable bonds is 8. The van der Waals surface area contributed by atoms with E-state index in [0.717, 1.165) is 24.1 Å². The summed E-state index contributed by atoms with van der Waals surface area (Å²) in [5.41, 5.74) is 0.161. The lowest BCUT2D eigenvalue weighted by atomic mass is 10.1. The van der Waals surface area contributed by atoms with Crippen LogP contribution in [0.2, 0.25) is 0 Å². The van der Waals surface area contributed by atoms with Crippen molar-refractivity contribution >= 4 is 11.6 Å². The maximum absolute atomic E-state index is 13.0. The van der Waals surface area contributed by atoms with Gasteiger partial charge in [-0.2, -0.15) is 13.2 Å². The highest BCUT2D eigenvalue weighted by atomic mass is 19.4. The first-order valence-electron chi connectivity index (χ1n) is 8.69. The molecule has 27 heavy (non-hydrogen) atoms. The number of alkyl halides is 3. The van der Waals surface area contributed by atoms with Gasteiger partial charge in [0.1, 0.15) is 11.5 Å². The smallest absolute Gasteiger partial charge is 0.416 e. The van der Waals surface area contributed by atoms with E-state index in [-0.39, 0.29) is 18.0 Å². The van der Waals surface area contributed by atoms with E-state index in [1.165, 1.54) is 6.07 Å². The maximum Gasteiger partial charge on any atom is 0.416 e. The molecule has 146 valence electrons. The normalized spacial score (nSPS) is 11.1. The zero-order valence-corrected chi connectivity index (χ0v) is 15.2. The summed E-state index contributed by atoms with van der Waals surface area (Å²) in [6.45, 7) is 3.88. The second-order valence-electron chi connectivity index (χ2n) is 5.89. The van der Waals surface area contributed by atoms with E-state index in [1.54, 1.807) is 6.07 Å². The van der Waals surface area contributed by atoms with Crippen LogP contribution in [0.4, 0.5) is 18.9 Å². The van der Waals surface area contributed by atoms with Crippen molar-refractivity contribution in [3.8, 4) is 11.5 Å². The first-order valence-corrected chi connectivity index (χ1v) is 8.69. The number of benzene rings is 2. The highest BCUT2D eigenvalue weighted by molar-refractivity contribution is 5.93. The molecule has 0 aliphatic heterocycles. The van der Waals surface area contributed by atoms with Crippen LogP contribution in [0.1, 0.15) is 31.4 Å². The summed E-state index contributed by atoms with van der Waals surface area (Å²) in [6.07, 6.45) is -3.00. The Bertz CT molecular complexity index is 775. The van der Waals surface area contributed by atoms with E-state index >= 15 is 0 Å². The Hall–Kier alpha value is -2.70. The van der Waals surface area contributed by atoms with Gasteiger partial charge in [-0.05, 0) is 48.7 Å². The summed E-state index contributed by atoms with van der Waals surface area (Å²) in [5.74, 6) is 0.139. The average molecular weight is 381 g/mol. The van der Waals surface area contributed by atoms with Crippen LogP contribution in [0.5, 0.6) is 11.5 Å². The largest absolute Gasteiger partial charge is 0.491 e.